The number of nitrogens with zero attached hydrogens (tertiary/aromatic N) is 1. The maximum absolute atomic E-state index is 12.4. The van der Waals surface area contributed by atoms with Crippen LogP contribution in [0.25, 0.3) is 0 Å². The number of Topliss-reactive ketones (excluding diaryl/α,β-unsaturated/α-hetero) is 1. The molecule has 21 heavy (non-hydrogen) atoms. The highest BCUT2D eigenvalue weighted by Crippen LogP contribution is 2.12. The molecule has 0 aromatic heterocycles. The van der Waals surface area contributed by atoms with Crippen LogP contribution < -0.4 is 5.32 Å². The number of hydrogen-bond donors (Lipinski definition) is 1. The van der Waals surface area contributed by atoms with Gasteiger partial charge >= 0.3 is 6.03 Å². The van der Waals surface area contributed by atoms with Crippen LogP contribution in [0.15, 0.2) is 24.3 Å². The third kappa shape index (κ3) is 5.98. The normalized spacial score (nSPS) is 10.8. The van der Waals surface area contributed by atoms with Crippen molar-refractivity contribution in [3.8, 4) is 0 Å². The molecule has 4 nitrogen and oxygen atoms in total. The van der Waals surface area contributed by atoms with Crippen molar-refractivity contribution in [1.82, 2.24) is 4.90 Å². The van der Waals surface area contributed by atoms with Crippen molar-refractivity contribution in [3.05, 3.63) is 29.8 Å². The van der Waals surface area contributed by atoms with Gasteiger partial charge < -0.3 is 10.2 Å². The summed E-state index contributed by atoms with van der Waals surface area (Å²) >= 11 is 0. The SMILES string of the molecule is CC(=O)c1ccc(NC(=O)N(CC(C)C)CC(C)C)cc1. The molecule has 0 unspecified atom stereocenters. The molecule has 2 amide bonds. The van der Waals surface area contributed by atoms with E-state index in [0.717, 1.165) is 13.1 Å². The molecule has 1 aromatic carbocycles. The highest BCUT2D eigenvalue weighted by molar-refractivity contribution is 5.95. The van der Waals surface area contributed by atoms with Crippen LogP contribution >= 0.6 is 0 Å². The number of benzene rings is 1. The number of carbonyl (C=O) groups excluding carboxylic acids is 2. The Kier molecular flexibility index (Phi) is 6.40. The Bertz CT molecular complexity index is 468. The van der Waals surface area contributed by atoms with Gasteiger partial charge in [0, 0.05) is 24.3 Å². The van der Waals surface area contributed by atoms with E-state index < -0.39 is 0 Å². The molecule has 0 saturated heterocycles. The second kappa shape index (κ2) is 7.81. The van der Waals surface area contributed by atoms with Crippen molar-refractivity contribution in [2.45, 2.75) is 34.6 Å². The number of urea groups is 1. The van der Waals surface area contributed by atoms with Gasteiger partial charge in [0.2, 0.25) is 0 Å². The molecule has 0 heterocycles. The summed E-state index contributed by atoms with van der Waals surface area (Å²) in [5.41, 5.74) is 1.36. The van der Waals surface area contributed by atoms with Crippen LogP contribution in [0.2, 0.25) is 0 Å². The lowest BCUT2D eigenvalue weighted by molar-refractivity contribution is 0.101. The van der Waals surface area contributed by atoms with Gasteiger partial charge in [-0.2, -0.15) is 0 Å². The number of nitrogens with one attached hydrogen (secondary N) is 1. The molecule has 1 N–H and O–H groups in total. The highest BCUT2D eigenvalue weighted by atomic mass is 16.2. The van der Waals surface area contributed by atoms with Crippen molar-refractivity contribution in [2.75, 3.05) is 18.4 Å². The number of ketones is 1. The largest absolute Gasteiger partial charge is 0.324 e. The zero-order valence-corrected chi connectivity index (χ0v) is 13.6. The van der Waals surface area contributed by atoms with E-state index >= 15 is 0 Å². The lowest BCUT2D eigenvalue weighted by Gasteiger charge is -2.26. The monoisotopic (exact) mass is 290 g/mol. The number of hydrogen-bond acceptors (Lipinski definition) is 2. The van der Waals surface area contributed by atoms with Crippen LogP contribution in [0.5, 0.6) is 0 Å². The summed E-state index contributed by atoms with van der Waals surface area (Å²) in [4.78, 5) is 25.4. The van der Waals surface area contributed by atoms with E-state index in [0.29, 0.717) is 23.1 Å². The van der Waals surface area contributed by atoms with Gasteiger partial charge in [0.25, 0.3) is 0 Å². The fourth-order valence-corrected chi connectivity index (χ4v) is 2.11. The maximum atomic E-state index is 12.4. The van der Waals surface area contributed by atoms with Gasteiger partial charge in [0.1, 0.15) is 0 Å². The van der Waals surface area contributed by atoms with Gasteiger partial charge in [-0.05, 0) is 43.0 Å². The van der Waals surface area contributed by atoms with E-state index in [2.05, 4.69) is 33.0 Å². The van der Waals surface area contributed by atoms with Crippen LogP contribution in [0.3, 0.4) is 0 Å². The fourth-order valence-electron chi connectivity index (χ4n) is 2.11. The summed E-state index contributed by atoms with van der Waals surface area (Å²) in [6.45, 7) is 11.4. The minimum atomic E-state index is -0.0898. The summed E-state index contributed by atoms with van der Waals surface area (Å²) in [5, 5.41) is 2.89. The summed E-state index contributed by atoms with van der Waals surface area (Å²) in [5.74, 6) is 0.873. The minimum Gasteiger partial charge on any atom is -0.324 e. The molecule has 0 aliphatic carbocycles. The second-order valence-corrected chi connectivity index (χ2v) is 6.26. The average Bonchev–Trinajstić information content (AvgIpc) is 2.37. The first kappa shape index (κ1) is 17.2. The molecular formula is C17H26N2O2. The zero-order chi connectivity index (χ0) is 16.0. The van der Waals surface area contributed by atoms with Crippen LogP contribution in [0.4, 0.5) is 10.5 Å². The molecule has 0 spiro atoms. The number of anilines is 1. The predicted molar refractivity (Wildman–Crippen MR) is 86.7 cm³/mol. The Balaban J connectivity index is 2.73. The van der Waals surface area contributed by atoms with E-state index in [9.17, 15) is 9.59 Å². The second-order valence-electron chi connectivity index (χ2n) is 6.26. The fraction of sp³-hybridized carbons (Fsp3) is 0.529. The third-order valence-corrected chi connectivity index (χ3v) is 3.00. The molecule has 0 saturated carbocycles. The first-order chi connectivity index (χ1) is 9.79. The van der Waals surface area contributed by atoms with E-state index in [1.165, 1.54) is 6.92 Å². The van der Waals surface area contributed by atoms with Crippen molar-refractivity contribution < 1.29 is 9.59 Å². The van der Waals surface area contributed by atoms with Crippen molar-refractivity contribution >= 4 is 17.5 Å². The van der Waals surface area contributed by atoms with Gasteiger partial charge in [-0.3, -0.25) is 4.79 Å². The lowest BCUT2D eigenvalue weighted by Crippen LogP contribution is -2.39. The molecule has 0 aliphatic rings. The third-order valence-electron chi connectivity index (χ3n) is 3.00. The summed E-state index contributed by atoms with van der Waals surface area (Å²) in [6, 6.07) is 6.89. The Labute approximate surface area is 127 Å². The maximum Gasteiger partial charge on any atom is 0.321 e. The molecule has 0 aliphatic heterocycles. The molecule has 0 fully saturated rings. The van der Waals surface area contributed by atoms with Gasteiger partial charge in [-0.1, -0.05) is 27.7 Å². The van der Waals surface area contributed by atoms with E-state index in [4.69, 9.17) is 0 Å². The molecule has 0 radical (unpaired) electrons. The summed E-state index contributed by atoms with van der Waals surface area (Å²) in [7, 11) is 0. The Morgan fingerprint density at radius 2 is 1.48 bits per heavy atom. The molecule has 0 atom stereocenters. The van der Waals surface area contributed by atoms with Crippen molar-refractivity contribution in [1.29, 1.82) is 0 Å². The van der Waals surface area contributed by atoms with Crippen LogP contribution in [-0.2, 0) is 0 Å². The van der Waals surface area contributed by atoms with E-state index in [1.54, 1.807) is 24.3 Å². The Morgan fingerprint density at radius 1 is 1.00 bits per heavy atom. The summed E-state index contributed by atoms with van der Waals surface area (Å²) in [6.07, 6.45) is 0. The molecule has 116 valence electrons. The number of rotatable bonds is 6. The topological polar surface area (TPSA) is 49.4 Å². The Hall–Kier alpha value is -1.84. The van der Waals surface area contributed by atoms with Crippen molar-refractivity contribution in [3.63, 3.8) is 0 Å². The summed E-state index contributed by atoms with van der Waals surface area (Å²) < 4.78 is 0. The molecule has 1 aromatic rings. The quantitative estimate of drug-likeness (QED) is 0.804. The molecular weight excluding hydrogens is 264 g/mol. The van der Waals surface area contributed by atoms with Crippen LogP contribution in [0.1, 0.15) is 45.0 Å². The minimum absolute atomic E-state index is 0.0223. The highest BCUT2D eigenvalue weighted by Gasteiger charge is 2.16. The van der Waals surface area contributed by atoms with Crippen LogP contribution in [-0.4, -0.2) is 29.8 Å². The standard InChI is InChI=1S/C17H26N2O2/c1-12(2)10-19(11-13(3)4)17(21)18-16-8-6-15(7-9-16)14(5)20/h6-9,12-13H,10-11H2,1-5H3,(H,18,21). The number of amides is 2. The van der Waals surface area contributed by atoms with Gasteiger partial charge in [-0.25, -0.2) is 4.79 Å². The van der Waals surface area contributed by atoms with Gasteiger partial charge in [0.05, 0.1) is 0 Å². The van der Waals surface area contributed by atoms with E-state index in [1.807, 2.05) is 4.90 Å². The van der Waals surface area contributed by atoms with Gasteiger partial charge in [0.15, 0.2) is 5.78 Å². The van der Waals surface area contributed by atoms with E-state index in [-0.39, 0.29) is 11.8 Å². The molecule has 1 rings (SSSR count). The van der Waals surface area contributed by atoms with Crippen molar-refractivity contribution in [2.24, 2.45) is 11.8 Å². The van der Waals surface area contributed by atoms with Crippen LogP contribution in [0, 0.1) is 11.8 Å². The number of carbonyl (C=O) groups is 2. The lowest BCUT2D eigenvalue weighted by atomic mass is 10.1. The predicted octanol–water partition coefficient (Wildman–Crippen LogP) is 4.04. The molecule has 4 heteroatoms. The first-order valence-electron chi connectivity index (χ1n) is 7.46. The first-order valence-corrected chi connectivity index (χ1v) is 7.46. The van der Waals surface area contributed by atoms with Gasteiger partial charge in [-0.15, -0.1) is 0 Å². The smallest absolute Gasteiger partial charge is 0.321 e. The Morgan fingerprint density at radius 3 is 1.86 bits per heavy atom. The average molecular weight is 290 g/mol. The zero-order valence-electron chi connectivity index (χ0n) is 13.6. The molecule has 0 bridgehead atoms.